The Balaban J connectivity index is 1.86. The van der Waals surface area contributed by atoms with Crippen molar-refractivity contribution in [2.24, 2.45) is 4.99 Å². The van der Waals surface area contributed by atoms with Crippen molar-refractivity contribution < 1.29 is 4.92 Å². The summed E-state index contributed by atoms with van der Waals surface area (Å²) < 4.78 is 0. The first-order valence-electron chi connectivity index (χ1n) is 8.14. The Labute approximate surface area is 151 Å². The Bertz CT molecular complexity index is 933. The van der Waals surface area contributed by atoms with Crippen molar-refractivity contribution in [1.29, 1.82) is 0 Å². The second kappa shape index (κ2) is 8.42. The summed E-state index contributed by atoms with van der Waals surface area (Å²) in [6.45, 7) is 0. The Morgan fingerprint density at radius 2 is 1.92 bits per heavy atom. The molecule has 0 unspecified atom stereocenters. The molecule has 0 spiro atoms. The Morgan fingerprint density at radius 1 is 1.15 bits per heavy atom. The molecule has 0 bridgehead atoms. The van der Waals surface area contributed by atoms with Crippen LogP contribution in [0.5, 0.6) is 0 Å². The lowest BCUT2D eigenvalue weighted by atomic mass is 10.1. The van der Waals surface area contributed by atoms with E-state index in [-0.39, 0.29) is 5.69 Å². The minimum absolute atomic E-state index is 0.0637. The zero-order valence-electron chi connectivity index (χ0n) is 14.0. The van der Waals surface area contributed by atoms with Crippen LogP contribution in [0.1, 0.15) is 12.0 Å². The van der Waals surface area contributed by atoms with Crippen LogP contribution in [0.25, 0.3) is 5.70 Å². The van der Waals surface area contributed by atoms with E-state index in [0.717, 1.165) is 29.1 Å². The van der Waals surface area contributed by atoms with Crippen molar-refractivity contribution in [3.63, 3.8) is 0 Å². The van der Waals surface area contributed by atoms with Gasteiger partial charge in [0.25, 0.3) is 5.69 Å². The van der Waals surface area contributed by atoms with Crippen molar-refractivity contribution in [3.05, 3.63) is 106 Å². The lowest BCUT2D eigenvalue weighted by molar-refractivity contribution is -0.384. The third kappa shape index (κ3) is 4.66. The third-order valence-electron chi connectivity index (χ3n) is 3.73. The predicted molar refractivity (Wildman–Crippen MR) is 104 cm³/mol. The van der Waals surface area contributed by atoms with Gasteiger partial charge in [0.15, 0.2) is 0 Å². The maximum absolute atomic E-state index is 10.9. The van der Waals surface area contributed by atoms with E-state index in [4.69, 9.17) is 0 Å². The lowest BCUT2D eigenvalue weighted by Gasteiger charge is -2.13. The first-order valence-corrected chi connectivity index (χ1v) is 8.14. The van der Waals surface area contributed by atoms with Gasteiger partial charge in [-0.15, -0.1) is 5.73 Å². The van der Waals surface area contributed by atoms with E-state index in [0.29, 0.717) is 0 Å². The van der Waals surface area contributed by atoms with Crippen LogP contribution in [0.15, 0.2) is 95.3 Å². The summed E-state index contributed by atoms with van der Waals surface area (Å²) in [4.78, 5) is 14.9. The van der Waals surface area contributed by atoms with E-state index in [1.807, 2.05) is 54.6 Å². The van der Waals surface area contributed by atoms with Gasteiger partial charge in [0, 0.05) is 36.2 Å². The number of nitrogens with zero attached hydrogens (tertiary/aromatic N) is 2. The van der Waals surface area contributed by atoms with Gasteiger partial charge in [-0.25, -0.2) is 0 Å². The highest BCUT2D eigenvalue weighted by atomic mass is 16.6. The average Bonchev–Trinajstić information content (AvgIpc) is 2.69. The second-order valence-electron chi connectivity index (χ2n) is 5.56. The molecular weight excluding hydrogens is 326 g/mol. The zero-order chi connectivity index (χ0) is 18.2. The summed E-state index contributed by atoms with van der Waals surface area (Å²) in [7, 11) is 0. The van der Waals surface area contributed by atoms with Crippen molar-refractivity contribution in [2.45, 2.75) is 6.42 Å². The monoisotopic (exact) mass is 343 g/mol. The van der Waals surface area contributed by atoms with Crippen LogP contribution in [-0.4, -0.2) is 11.1 Å². The molecule has 2 aromatic rings. The van der Waals surface area contributed by atoms with E-state index >= 15 is 0 Å². The number of rotatable bonds is 6. The standard InChI is InChI=1S/C21H17N3O2/c25-24(26)20-13-11-17(12-14-20)21(23-19-9-5-2-6-10-19)15-16-22-18-7-3-1-4-8-18/h1,3-9,11-16,23H,10H2. The van der Waals surface area contributed by atoms with Crippen LogP contribution in [-0.2, 0) is 0 Å². The minimum atomic E-state index is -0.406. The smallest absolute Gasteiger partial charge is 0.269 e. The molecule has 2 aromatic carbocycles. The molecule has 0 aromatic heterocycles. The van der Waals surface area contributed by atoms with E-state index in [1.165, 1.54) is 12.1 Å². The molecule has 26 heavy (non-hydrogen) atoms. The number of hydrogen-bond donors (Lipinski definition) is 1. The van der Waals surface area contributed by atoms with Crippen LogP contribution in [0.4, 0.5) is 11.4 Å². The van der Waals surface area contributed by atoms with Gasteiger partial charge in [-0.2, -0.15) is 0 Å². The Kier molecular flexibility index (Phi) is 5.55. The molecule has 128 valence electrons. The first kappa shape index (κ1) is 17.1. The maximum Gasteiger partial charge on any atom is 0.269 e. The number of nitrogens with one attached hydrogen (secondary N) is 1. The van der Waals surface area contributed by atoms with Crippen LogP contribution in [0.3, 0.4) is 0 Å². The number of aliphatic imine (C=N–C) groups is 1. The summed E-state index contributed by atoms with van der Waals surface area (Å²) in [5, 5.41) is 14.2. The van der Waals surface area contributed by atoms with Crippen molar-refractivity contribution in [3.8, 4) is 0 Å². The number of hydrogen-bond acceptors (Lipinski definition) is 4. The number of nitro benzene ring substituents is 1. The third-order valence-corrected chi connectivity index (χ3v) is 3.73. The van der Waals surface area contributed by atoms with Crippen LogP contribution in [0, 0.1) is 10.1 Å². The molecule has 1 aliphatic rings. The molecule has 0 saturated carbocycles. The topological polar surface area (TPSA) is 67.5 Å². The molecule has 3 rings (SSSR count). The summed E-state index contributed by atoms with van der Waals surface area (Å²) in [5.74, 6) is 0. The van der Waals surface area contributed by atoms with Crippen molar-refractivity contribution in [1.82, 2.24) is 5.32 Å². The van der Waals surface area contributed by atoms with Crippen LogP contribution in [0.2, 0.25) is 0 Å². The Morgan fingerprint density at radius 3 is 2.58 bits per heavy atom. The Hall–Kier alpha value is -3.69. The largest absolute Gasteiger partial charge is 0.358 e. The summed E-state index contributed by atoms with van der Waals surface area (Å²) >= 11 is 0. The fourth-order valence-electron chi connectivity index (χ4n) is 2.40. The maximum atomic E-state index is 10.9. The number of para-hydroxylation sites is 1. The first-order chi connectivity index (χ1) is 12.7. The molecule has 0 saturated heterocycles. The number of non-ortho nitro benzene ring substituents is 1. The van der Waals surface area contributed by atoms with E-state index < -0.39 is 4.92 Å². The van der Waals surface area contributed by atoms with Gasteiger partial charge in [0.2, 0.25) is 0 Å². The number of allylic oxidation sites excluding steroid dienone is 3. The van der Waals surface area contributed by atoms with E-state index in [1.54, 1.807) is 18.3 Å². The molecule has 0 amide bonds. The molecule has 0 radical (unpaired) electrons. The predicted octanol–water partition coefficient (Wildman–Crippen LogP) is 4.93. The van der Waals surface area contributed by atoms with Gasteiger partial charge in [-0.1, -0.05) is 18.2 Å². The zero-order valence-corrected chi connectivity index (χ0v) is 14.0. The SMILES string of the molecule is O=[N+]([O-])c1ccc(C(=CC=Nc2ccccc2)NC2=CC=C=CC2)cc1. The fourth-order valence-corrected chi connectivity index (χ4v) is 2.40. The van der Waals surface area contributed by atoms with Gasteiger partial charge in [0.05, 0.1) is 10.6 Å². The molecular formula is C21H17N3O2. The normalized spacial score (nSPS) is 13.7. The molecule has 1 aliphatic carbocycles. The highest BCUT2D eigenvalue weighted by Crippen LogP contribution is 2.19. The molecule has 0 atom stereocenters. The molecule has 0 fully saturated rings. The van der Waals surface area contributed by atoms with E-state index in [9.17, 15) is 10.1 Å². The number of benzene rings is 2. The fraction of sp³-hybridized carbons (Fsp3) is 0.0476. The highest BCUT2D eigenvalue weighted by molar-refractivity contribution is 5.86. The van der Waals surface area contributed by atoms with Crippen LogP contribution < -0.4 is 5.32 Å². The summed E-state index contributed by atoms with van der Waals surface area (Å²) in [6.07, 6.45) is 10.1. The van der Waals surface area contributed by atoms with Gasteiger partial charge in [-0.3, -0.25) is 15.1 Å². The molecule has 0 aliphatic heterocycles. The van der Waals surface area contributed by atoms with Gasteiger partial charge < -0.3 is 5.32 Å². The average molecular weight is 343 g/mol. The van der Waals surface area contributed by atoms with E-state index in [2.05, 4.69) is 16.0 Å². The minimum Gasteiger partial charge on any atom is -0.358 e. The van der Waals surface area contributed by atoms with Gasteiger partial charge in [0.1, 0.15) is 0 Å². The second-order valence-corrected chi connectivity index (χ2v) is 5.56. The van der Waals surface area contributed by atoms with Gasteiger partial charge >= 0.3 is 0 Å². The summed E-state index contributed by atoms with van der Waals surface area (Å²) in [5.41, 5.74) is 6.62. The molecule has 1 N–H and O–H groups in total. The molecule has 0 heterocycles. The lowest BCUT2D eigenvalue weighted by Crippen LogP contribution is -2.12. The molecule has 5 heteroatoms. The van der Waals surface area contributed by atoms with Crippen LogP contribution >= 0.6 is 0 Å². The van der Waals surface area contributed by atoms with Gasteiger partial charge in [-0.05, 0) is 54.1 Å². The van der Waals surface area contributed by atoms with Crippen molar-refractivity contribution >= 4 is 23.3 Å². The highest BCUT2D eigenvalue weighted by Gasteiger charge is 2.08. The number of nitro groups is 1. The molecule has 5 nitrogen and oxygen atoms in total. The quantitative estimate of drug-likeness (QED) is 0.350. The van der Waals surface area contributed by atoms with Crippen molar-refractivity contribution in [2.75, 3.05) is 0 Å². The summed E-state index contributed by atoms with van der Waals surface area (Å²) in [6, 6.07) is 16.1.